The SMILES string of the molecule is CC(C)n1nc(I)c2cccnc21. The Morgan fingerprint density at radius 1 is 1.46 bits per heavy atom. The lowest BCUT2D eigenvalue weighted by Crippen LogP contribution is -2.03. The summed E-state index contributed by atoms with van der Waals surface area (Å²) in [6.45, 7) is 4.22. The number of fused-ring (bicyclic) bond motifs is 1. The van der Waals surface area contributed by atoms with Crippen LogP contribution < -0.4 is 0 Å². The molecule has 2 aromatic rings. The predicted molar refractivity (Wildman–Crippen MR) is 60.6 cm³/mol. The Bertz CT molecular complexity index is 433. The normalized spacial score (nSPS) is 11.4. The molecule has 0 spiro atoms. The lowest BCUT2D eigenvalue weighted by molar-refractivity contribution is 0.543. The molecule has 2 rings (SSSR count). The summed E-state index contributed by atoms with van der Waals surface area (Å²) in [5.41, 5.74) is 0.974. The zero-order chi connectivity index (χ0) is 9.42. The van der Waals surface area contributed by atoms with Gasteiger partial charge in [-0.1, -0.05) is 0 Å². The van der Waals surface area contributed by atoms with Crippen molar-refractivity contribution in [1.82, 2.24) is 14.8 Å². The average molecular weight is 287 g/mol. The van der Waals surface area contributed by atoms with E-state index in [0.29, 0.717) is 6.04 Å². The van der Waals surface area contributed by atoms with E-state index in [4.69, 9.17) is 0 Å². The molecule has 0 saturated carbocycles. The third-order valence-electron chi connectivity index (χ3n) is 1.91. The van der Waals surface area contributed by atoms with Crippen molar-refractivity contribution >= 4 is 33.6 Å². The van der Waals surface area contributed by atoms with Crippen LogP contribution in [0.1, 0.15) is 19.9 Å². The molecule has 3 nitrogen and oxygen atoms in total. The fourth-order valence-corrected chi connectivity index (χ4v) is 1.95. The topological polar surface area (TPSA) is 30.7 Å². The van der Waals surface area contributed by atoms with Gasteiger partial charge in [-0.25, -0.2) is 9.67 Å². The Hall–Kier alpha value is -0.650. The number of hydrogen-bond donors (Lipinski definition) is 0. The molecule has 2 aromatic heterocycles. The highest BCUT2D eigenvalue weighted by molar-refractivity contribution is 14.1. The lowest BCUT2D eigenvalue weighted by atomic mass is 10.3. The molecule has 0 aliphatic carbocycles. The predicted octanol–water partition coefficient (Wildman–Crippen LogP) is 2.62. The first-order valence-corrected chi connectivity index (χ1v) is 5.26. The molecule has 13 heavy (non-hydrogen) atoms. The molecule has 2 heterocycles. The highest BCUT2D eigenvalue weighted by Crippen LogP contribution is 2.20. The van der Waals surface area contributed by atoms with Crippen molar-refractivity contribution in [1.29, 1.82) is 0 Å². The monoisotopic (exact) mass is 287 g/mol. The van der Waals surface area contributed by atoms with Gasteiger partial charge in [0.1, 0.15) is 3.70 Å². The zero-order valence-corrected chi connectivity index (χ0v) is 9.69. The maximum Gasteiger partial charge on any atom is 0.159 e. The molecule has 0 N–H and O–H groups in total. The van der Waals surface area contributed by atoms with E-state index >= 15 is 0 Å². The summed E-state index contributed by atoms with van der Waals surface area (Å²) in [5.74, 6) is 0. The van der Waals surface area contributed by atoms with Crippen molar-refractivity contribution in [3.05, 3.63) is 22.0 Å². The van der Waals surface area contributed by atoms with Crippen LogP contribution in [0.4, 0.5) is 0 Å². The number of aromatic nitrogens is 3. The maximum absolute atomic E-state index is 4.43. The molecule has 0 bridgehead atoms. The van der Waals surface area contributed by atoms with Gasteiger partial charge in [0.2, 0.25) is 0 Å². The molecule has 0 amide bonds. The van der Waals surface area contributed by atoms with Crippen LogP contribution in [0.5, 0.6) is 0 Å². The molecule has 68 valence electrons. The Morgan fingerprint density at radius 2 is 2.23 bits per heavy atom. The van der Waals surface area contributed by atoms with Gasteiger partial charge in [0.05, 0.1) is 5.39 Å². The van der Waals surface area contributed by atoms with Gasteiger partial charge in [-0.3, -0.25) is 0 Å². The summed E-state index contributed by atoms with van der Waals surface area (Å²) < 4.78 is 2.98. The summed E-state index contributed by atoms with van der Waals surface area (Å²) in [6, 6.07) is 4.35. The van der Waals surface area contributed by atoms with Crippen LogP contribution in [-0.4, -0.2) is 14.8 Å². The van der Waals surface area contributed by atoms with Crippen molar-refractivity contribution in [2.75, 3.05) is 0 Å². The third kappa shape index (κ3) is 1.43. The first-order valence-electron chi connectivity index (χ1n) is 4.19. The molecule has 4 heteroatoms. The van der Waals surface area contributed by atoms with Crippen molar-refractivity contribution in [2.24, 2.45) is 0 Å². The van der Waals surface area contributed by atoms with Crippen LogP contribution in [0.25, 0.3) is 11.0 Å². The summed E-state index contributed by atoms with van der Waals surface area (Å²) in [6.07, 6.45) is 1.80. The molecule has 0 fully saturated rings. The van der Waals surface area contributed by atoms with Gasteiger partial charge in [0, 0.05) is 12.2 Å². The number of hydrogen-bond acceptors (Lipinski definition) is 2. The second kappa shape index (κ2) is 3.25. The van der Waals surface area contributed by atoms with Crippen LogP contribution in [0, 0.1) is 3.70 Å². The standard InChI is InChI=1S/C9H10IN3/c1-6(2)13-9-7(8(10)12-13)4-3-5-11-9/h3-6H,1-2H3. The highest BCUT2D eigenvalue weighted by atomic mass is 127. The second-order valence-corrected chi connectivity index (χ2v) is 4.23. The van der Waals surface area contributed by atoms with E-state index in [9.17, 15) is 0 Å². The molecule has 0 atom stereocenters. The fraction of sp³-hybridized carbons (Fsp3) is 0.333. The van der Waals surface area contributed by atoms with Crippen molar-refractivity contribution in [3.63, 3.8) is 0 Å². The molecule has 0 radical (unpaired) electrons. The number of rotatable bonds is 1. The third-order valence-corrected chi connectivity index (χ3v) is 2.71. The maximum atomic E-state index is 4.43. The van der Waals surface area contributed by atoms with E-state index in [1.54, 1.807) is 6.20 Å². The van der Waals surface area contributed by atoms with Crippen LogP contribution in [0.15, 0.2) is 18.3 Å². The Kier molecular flexibility index (Phi) is 2.23. The summed E-state index contributed by atoms with van der Waals surface area (Å²) in [7, 11) is 0. The van der Waals surface area contributed by atoms with Gasteiger partial charge >= 0.3 is 0 Å². The van der Waals surface area contributed by atoms with E-state index in [0.717, 1.165) is 14.7 Å². The Balaban J connectivity index is 2.78. The minimum Gasteiger partial charge on any atom is -0.244 e. The number of pyridine rings is 1. The second-order valence-electron chi connectivity index (χ2n) is 3.20. The number of halogens is 1. The average Bonchev–Trinajstić information content (AvgIpc) is 2.45. The zero-order valence-electron chi connectivity index (χ0n) is 7.53. The fourth-order valence-electron chi connectivity index (χ4n) is 1.30. The molecule has 0 aliphatic heterocycles. The molecule has 0 aliphatic rings. The van der Waals surface area contributed by atoms with Gasteiger partial charge < -0.3 is 0 Å². The van der Waals surface area contributed by atoms with Crippen molar-refractivity contribution in [2.45, 2.75) is 19.9 Å². The van der Waals surface area contributed by atoms with Crippen molar-refractivity contribution in [3.8, 4) is 0 Å². The molecular weight excluding hydrogens is 277 g/mol. The Labute approximate surface area is 90.3 Å². The van der Waals surface area contributed by atoms with E-state index in [-0.39, 0.29) is 0 Å². The highest BCUT2D eigenvalue weighted by Gasteiger charge is 2.10. The van der Waals surface area contributed by atoms with Crippen LogP contribution >= 0.6 is 22.6 Å². The molecule has 0 saturated heterocycles. The Morgan fingerprint density at radius 3 is 2.92 bits per heavy atom. The molecular formula is C9H10IN3. The lowest BCUT2D eigenvalue weighted by Gasteiger charge is -2.04. The van der Waals surface area contributed by atoms with E-state index in [1.165, 1.54) is 0 Å². The number of nitrogens with zero attached hydrogens (tertiary/aromatic N) is 3. The van der Waals surface area contributed by atoms with Gasteiger partial charge in [0.15, 0.2) is 5.65 Å². The molecule has 0 aromatic carbocycles. The van der Waals surface area contributed by atoms with Crippen LogP contribution in [0.2, 0.25) is 0 Å². The van der Waals surface area contributed by atoms with Gasteiger partial charge in [-0.05, 0) is 48.6 Å². The first-order chi connectivity index (χ1) is 6.20. The van der Waals surface area contributed by atoms with Crippen LogP contribution in [0.3, 0.4) is 0 Å². The van der Waals surface area contributed by atoms with Crippen molar-refractivity contribution < 1.29 is 0 Å². The van der Waals surface area contributed by atoms with E-state index in [2.05, 4.69) is 52.6 Å². The van der Waals surface area contributed by atoms with E-state index < -0.39 is 0 Å². The first kappa shape index (κ1) is 8.93. The minimum atomic E-state index is 0.362. The van der Waals surface area contributed by atoms with Gasteiger partial charge in [-0.2, -0.15) is 5.10 Å². The van der Waals surface area contributed by atoms with E-state index in [1.807, 2.05) is 10.7 Å². The van der Waals surface area contributed by atoms with Crippen LogP contribution in [-0.2, 0) is 0 Å². The van der Waals surface area contributed by atoms with Gasteiger partial charge in [0.25, 0.3) is 0 Å². The summed E-state index contributed by atoms with van der Waals surface area (Å²) in [5, 5.41) is 5.57. The minimum absolute atomic E-state index is 0.362. The summed E-state index contributed by atoms with van der Waals surface area (Å²) in [4.78, 5) is 4.32. The largest absolute Gasteiger partial charge is 0.244 e. The molecule has 0 unspecified atom stereocenters. The summed E-state index contributed by atoms with van der Waals surface area (Å²) >= 11 is 2.24. The van der Waals surface area contributed by atoms with Gasteiger partial charge in [-0.15, -0.1) is 0 Å². The smallest absolute Gasteiger partial charge is 0.159 e. The quantitative estimate of drug-likeness (QED) is 0.755.